The van der Waals surface area contributed by atoms with Crippen molar-refractivity contribution >= 4 is 17.7 Å². The van der Waals surface area contributed by atoms with Crippen molar-refractivity contribution in [3.63, 3.8) is 0 Å². The van der Waals surface area contributed by atoms with Crippen molar-refractivity contribution in [2.45, 2.75) is 59.2 Å². The van der Waals surface area contributed by atoms with Crippen LogP contribution in [0.15, 0.2) is 0 Å². The standard InChI is InChI=1S/C12H23N3O3/c1-5-9(16)13-12(8-4,14-10(17)6-2)15-11(18)7-3/h5-8H2,1-4H3,(H,13,16)(H,14,17)(H,15,18). The zero-order chi connectivity index (χ0) is 14.2. The molecule has 0 rings (SSSR count). The quantitative estimate of drug-likeness (QED) is 0.584. The van der Waals surface area contributed by atoms with Gasteiger partial charge in [0.05, 0.1) is 0 Å². The van der Waals surface area contributed by atoms with Gasteiger partial charge in [-0.2, -0.15) is 0 Å². The minimum atomic E-state index is -1.19. The number of hydrogen-bond acceptors (Lipinski definition) is 3. The fourth-order valence-electron chi connectivity index (χ4n) is 1.34. The highest BCUT2D eigenvalue weighted by Gasteiger charge is 2.32. The molecule has 0 saturated heterocycles. The van der Waals surface area contributed by atoms with E-state index in [-0.39, 0.29) is 37.0 Å². The smallest absolute Gasteiger partial charge is 0.222 e. The monoisotopic (exact) mass is 257 g/mol. The van der Waals surface area contributed by atoms with Crippen molar-refractivity contribution < 1.29 is 14.4 Å². The Morgan fingerprint density at radius 3 is 1.17 bits per heavy atom. The predicted octanol–water partition coefficient (Wildman–Crippen LogP) is 0.629. The number of amides is 3. The average molecular weight is 257 g/mol. The third-order valence-electron chi connectivity index (χ3n) is 2.55. The number of hydrogen-bond donors (Lipinski definition) is 3. The van der Waals surface area contributed by atoms with Gasteiger partial charge >= 0.3 is 0 Å². The maximum Gasteiger partial charge on any atom is 0.222 e. The maximum atomic E-state index is 11.5. The number of carbonyl (C=O) groups is 3. The van der Waals surface area contributed by atoms with Gasteiger partial charge in [-0.05, 0) is 0 Å². The van der Waals surface area contributed by atoms with Crippen molar-refractivity contribution in [1.82, 2.24) is 16.0 Å². The zero-order valence-electron chi connectivity index (χ0n) is 11.6. The van der Waals surface area contributed by atoms with E-state index in [4.69, 9.17) is 0 Å². The highest BCUT2D eigenvalue weighted by Crippen LogP contribution is 2.04. The van der Waals surface area contributed by atoms with Crippen LogP contribution in [0.3, 0.4) is 0 Å². The van der Waals surface area contributed by atoms with E-state index in [1.54, 1.807) is 27.7 Å². The maximum absolute atomic E-state index is 11.5. The molecule has 0 atom stereocenters. The molecular formula is C12H23N3O3. The molecule has 6 nitrogen and oxygen atoms in total. The minimum Gasteiger partial charge on any atom is -0.316 e. The summed E-state index contributed by atoms with van der Waals surface area (Å²) in [6, 6.07) is 0. The Labute approximate surface area is 108 Å². The normalized spacial score (nSPS) is 10.7. The Morgan fingerprint density at radius 2 is 1.00 bits per heavy atom. The van der Waals surface area contributed by atoms with Gasteiger partial charge in [0.2, 0.25) is 17.7 Å². The van der Waals surface area contributed by atoms with E-state index >= 15 is 0 Å². The summed E-state index contributed by atoms with van der Waals surface area (Å²) in [5, 5.41) is 7.97. The molecule has 0 radical (unpaired) electrons. The van der Waals surface area contributed by atoms with Crippen LogP contribution >= 0.6 is 0 Å². The number of nitrogens with one attached hydrogen (secondary N) is 3. The van der Waals surface area contributed by atoms with E-state index in [1.165, 1.54) is 0 Å². The SMILES string of the molecule is CCC(=O)NC(CC)(NC(=O)CC)NC(=O)CC. The Hall–Kier alpha value is -1.59. The molecule has 0 unspecified atom stereocenters. The second-order valence-corrected chi connectivity index (χ2v) is 3.96. The lowest BCUT2D eigenvalue weighted by molar-refractivity contribution is -0.131. The van der Waals surface area contributed by atoms with E-state index in [1.807, 2.05) is 0 Å². The highest BCUT2D eigenvalue weighted by molar-refractivity contribution is 5.82. The predicted molar refractivity (Wildman–Crippen MR) is 68.3 cm³/mol. The van der Waals surface area contributed by atoms with Crippen LogP contribution in [0.4, 0.5) is 0 Å². The number of rotatable bonds is 7. The zero-order valence-corrected chi connectivity index (χ0v) is 11.6. The Balaban J connectivity index is 4.98. The van der Waals surface area contributed by atoms with E-state index < -0.39 is 5.79 Å². The van der Waals surface area contributed by atoms with Gasteiger partial charge in [0.1, 0.15) is 0 Å². The van der Waals surface area contributed by atoms with Gasteiger partial charge in [-0.15, -0.1) is 0 Å². The summed E-state index contributed by atoms with van der Waals surface area (Å²) in [4.78, 5) is 34.5. The molecule has 3 N–H and O–H groups in total. The summed E-state index contributed by atoms with van der Waals surface area (Å²) >= 11 is 0. The third kappa shape index (κ3) is 5.16. The molecule has 0 bridgehead atoms. The van der Waals surface area contributed by atoms with Crippen molar-refractivity contribution in [2.24, 2.45) is 0 Å². The lowest BCUT2D eigenvalue weighted by Crippen LogP contribution is -2.69. The van der Waals surface area contributed by atoms with Crippen LogP contribution in [0.25, 0.3) is 0 Å². The van der Waals surface area contributed by atoms with E-state index in [0.29, 0.717) is 6.42 Å². The first-order valence-electron chi connectivity index (χ1n) is 6.36. The summed E-state index contributed by atoms with van der Waals surface area (Å²) in [5.74, 6) is -1.88. The topological polar surface area (TPSA) is 87.3 Å². The first kappa shape index (κ1) is 16.4. The van der Waals surface area contributed by atoms with Gasteiger partial charge in [-0.25, -0.2) is 0 Å². The molecular weight excluding hydrogens is 234 g/mol. The summed E-state index contributed by atoms with van der Waals surface area (Å²) in [5.41, 5.74) is 0. The van der Waals surface area contributed by atoms with Crippen molar-refractivity contribution in [3.05, 3.63) is 0 Å². The third-order valence-corrected chi connectivity index (χ3v) is 2.55. The molecule has 0 aromatic heterocycles. The van der Waals surface area contributed by atoms with E-state index in [0.717, 1.165) is 0 Å². The molecule has 0 fully saturated rings. The van der Waals surface area contributed by atoms with Crippen LogP contribution in [0, 0.1) is 0 Å². The van der Waals surface area contributed by atoms with Gasteiger partial charge < -0.3 is 16.0 Å². The molecule has 0 aliphatic rings. The van der Waals surface area contributed by atoms with Gasteiger partial charge in [0.25, 0.3) is 0 Å². The molecule has 0 aromatic rings. The minimum absolute atomic E-state index is 0.232. The largest absolute Gasteiger partial charge is 0.316 e. The number of carbonyl (C=O) groups excluding carboxylic acids is 3. The molecule has 6 heteroatoms. The Morgan fingerprint density at radius 1 is 0.722 bits per heavy atom. The lowest BCUT2D eigenvalue weighted by Gasteiger charge is -2.35. The molecule has 18 heavy (non-hydrogen) atoms. The molecule has 0 saturated carbocycles. The Kier molecular flexibility index (Phi) is 7.00. The van der Waals surface area contributed by atoms with Gasteiger partial charge in [0.15, 0.2) is 5.79 Å². The van der Waals surface area contributed by atoms with Crippen LogP contribution < -0.4 is 16.0 Å². The second kappa shape index (κ2) is 7.68. The van der Waals surface area contributed by atoms with E-state index in [2.05, 4.69) is 16.0 Å². The fraction of sp³-hybridized carbons (Fsp3) is 0.750. The molecule has 0 heterocycles. The van der Waals surface area contributed by atoms with Crippen LogP contribution in [-0.2, 0) is 14.4 Å². The summed E-state index contributed by atoms with van der Waals surface area (Å²) in [7, 11) is 0. The van der Waals surface area contributed by atoms with Crippen LogP contribution in [0.2, 0.25) is 0 Å². The molecule has 0 aliphatic heterocycles. The van der Waals surface area contributed by atoms with Crippen molar-refractivity contribution in [1.29, 1.82) is 0 Å². The molecule has 0 aromatic carbocycles. The summed E-state index contributed by atoms with van der Waals surface area (Å²) < 4.78 is 0. The van der Waals surface area contributed by atoms with Crippen molar-refractivity contribution in [2.75, 3.05) is 0 Å². The average Bonchev–Trinajstić information content (AvgIpc) is 2.37. The van der Waals surface area contributed by atoms with Crippen LogP contribution in [-0.4, -0.2) is 23.5 Å². The summed E-state index contributed by atoms with van der Waals surface area (Å²) in [6.45, 7) is 6.90. The van der Waals surface area contributed by atoms with Crippen LogP contribution in [0.5, 0.6) is 0 Å². The highest BCUT2D eigenvalue weighted by atomic mass is 16.2. The Bertz CT molecular complexity index is 270. The van der Waals surface area contributed by atoms with Crippen LogP contribution in [0.1, 0.15) is 53.4 Å². The first-order valence-corrected chi connectivity index (χ1v) is 6.36. The van der Waals surface area contributed by atoms with E-state index in [9.17, 15) is 14.4 Å². The second-order valence-electron chi connectivity index (χ2n) is 3.96. The molecule has 104 valence electrons. The molecule has 0 aliphatic carbocycles. The molecule has 0 spiro atoms. The van der Waals surface area contributed by atoms with Gasteiger partial charge in [-0.1, -0.05) is 27.7 Å². The lowest BCUT2D eigenvalue weighted by atomic mass is 10.2. The first-order chi connectivity index (χ1) is 8.42. The van der Waals surface area contributed by atoms with Gasteiger partial charge in [0, 0.05) is 25.7 Å². The van der Waals surface area contributed by atoms with Gasteiger partial charge in [-0.3, -0.25) is 14.4 Å². The molecule has 3 amide bonds. The van der Waals surface area contributed by atoms with Crippen molar-refractivity contribution in [3.8, 4) is 0 Å². The fourth-order valence-corrected chi connectivity index (χ4v) is 1.34. The summed E-state index contributed by atoms with van der Waals surface area (Å²) in [6.07, 6.45) is 1.22.